The number of alkyl halides is 2. The quantitative estimate of drug-likeness (QED) is 0.322. The molecule has 0 saturated carbocycles. The molecule has 120 valence electrons. The van der Waals surface area contributed by atoms with E-state index in [1.807, 2.05) is 30.3 Å². The van der Waals surface area contributed by atoms with Crippen LogP contribution in [0.25, 0.3) is 0 Å². The fourth-order valence-corrected chi connectivity index (χ4v) is 3.36. The van der Waals surface area contributed by atoms with Gasteiger partial charge in [-0.05, 0) is 56.8 Å². The van der Waals surface area contributed by atoms with Gasteiger partial charge in [-0.3, -0.25) is 4.55 Å². The average Bonchev–Trinajstić information content (AvgIpc) is 2.37. The van der Waals surface area contributed by atoms with Crippen LogP contribution in [0.4, 0.5) is 0 Å². The lowest BCUT2D eigenvalue weighted by atomic mass is 10.1. The zero-order valence-electron chi connectivity index (χ0n) is 11.7. The van der Waals surface area contributed by atoms with Gasteiger partial charge in [0.2, 0.25) is 3.42 Å². The van der Waals surface area contributed by atoms with E-state index < -0.39 is 13.5 Å². The summed E-state index contributed by atoms with van der Waals surface area (Å²) in [5.74, 6) is 0.643. The van der Waals surface area contributed by atoms with Crippen molar-refractivity contribution < 1.29 is 17.7 Å². The van der Waals surface area contributed by atoms with Crippen molar-refractivity contribution in [2.45, 2.75) is 41.9 Å². The van der Waals surface area contributed by atoms with E-state index in [1.165, 1.54) is 0 Å². The van der Waals surface area contributed by atoms with Crippen LogP contribution in [0.15, 0.2) is 30.3 Å². The monoisotopic (exact) mass is 442 g/mol. The second-order valence-corrected chi connectivity index (χ2v) is 10.1. The third kappa shape index (κ3) is 10.3. The Balaban J connectivity index is 2.14. The Morgan fingerprint density at radius 3 is 2.19 bits per heavy atom. The first kappa shape index (κ1) is 18.9. The molecule has 1 N–H and O–H groups in total. The van der Waals surface area contributed by atoms with Gasteiger partial charge in [-0.1, -0.05) is 37.5 Å². The minimum Gasteiger partial charge on any atom is -0.466 e. The van der Waals surface area contributed by atoms with Gasteiger partial charge in [-0.2, -0.15) is 8.42 Å². The molecule has 4 nitrogen and oxygen atoms in total. The van der Waals surface area contributed by atoms with E-state index >= 15 is 0 Å². The van der Waals surface area contributed by atoms with Crippen LogP contribution in [-0.4, -0.2) is 22.1 Å². The Morgan fingerprint density at radius 1 is 1.00 bits per heavy atom. The lowest BCUT2D eigenvalue weighted by molar-refractivity contribution is 0.253. The number of hydrogen-bond acceptors (Lipinski definition) is 3. The summed E-state index contributed by atoms with van der Waals surface area (Å²) in [6.45, 7) is 0. The first-order valence-electron chi connectivity index (χ1n) is 6.86. The van der Waals surface area contributed by atoms with E-state index in [0.717, 1.165) is 37.9 Å². The molecular formula is C14H20Br2O4S. The second-order valence-electron chi connectivity index (χ2n) is 4.86. The number of rotatable bonds is 10. The molecule has 0 radical (unpaired) electrons. The molecule has 7 heteroatoms. The predicted octanol–water partition coefficient (Wildman–Crippen LogP) is 4.74. The highest BCUT2D eigenvalue weighted by molar-refractivity contribution is 9.25. The molecule has 0 bridgehead atoms. The Morgan fingerprint density at radius 2 is 1.57 bits per heavy atom. The number of para-hydroxylation sites is 1. The van der Waals surface area contributed by atoms with Crippen molar-refractivity contribution in [2.24, 2.45) is 0 Å². The lowest BCUT2D eigenvalue weighted by Crippen LogP contribution is -2.20. The highest BCUT2D eigenvalue weighted by Gasteiger charge is 2.23. The lowest BCUT2D eigenvalue weighted by Gasteiger charge is -2.22. The van der Waals surface area contributed by atoms with Gasteiger partial charge in [-0.15, -0.1) is 0 Å². The molecule has 0 saturated heterocycles. The molecule has 1 aromatic rings. The highest BCUT2D eigenvalue weighted by atomic mass is 79.9. The Kier molecular flexibility index (Phi) is 8.23. The molecule has 0 aliphatic heterocycles. The summed E-state index contributed by atoms with van der Waals surface area (Å²) >= 11 is 7.02. The molecule has 0 atom stereocenters. The number of unbranched alkanes of at least 4 members (excludes halogenated alkanes) is 4. The van der Waals surface area contributed by atoms with E-state index in [4.69, 9.17) is 9.29 Å². The topological polar surface area (TPSA) is 63.6 Å². The van der Waals surface area contributed by atoms with Gasteiger partial charge in [0.05, 0.1) is 5.75 Å². The second kappa shape index (κ2) is 9.12. The molecule has 21 heavy (non-hydrogen) atoms. The molecule has 0 aliphatic rings. The van der Waals surface area contributed by atoms with Gasteiger partial charge in [0.25, 0.3) is 10.1 Å². The summed E-state index contributed by atoms with van der Waals surface area (Å²) in [5.41, 5.74) is 0. The number of hydrogen-bond donors (Lipinski definition) is 1. The molecule has 1 rings (SSSR count). The normalized spacial score (nSPS) is 12.3. The maximum absolute atomic E-state index is 10.6. The molecule has 0 heterocycles. The fourth-order valence-electron chi connectivity index (χ4n) is 1.86. The Hall–Kier alpha value is -0.110. The third-order valence-electron chi connectivity index (χ3n) is 2.88. The molecule has 0 unspecified atom stereocenters. The van der Waals surface area contributed by atoms with Crippen molar-refractivity contribution >= 4 is 42.0 Å². The molecule has 1 aromatic carbocycles. The Labute approximate surface area is 143 Å². The smallest absolute Gasteiger partial charge is 0.264 e. The van der Waals surface area contributed by atoms with Crippen molar-refractivity contribution in [3.05, 3.63) is 30.3 Å². The number of benzene rings is 1. The van der Waals surface area contributed by atoms with E-state index in [1.54, 1.807) is 0 Å². The molecule has 0 fully saturated rings. The molecule has 0 spiro atoms. The summed E-state index contributed by atoms with van der Waals surface area (Å²) in [6.07, 6.45) is 4.99. The summed E-state index contributed by atoms with van der Waals surface area (Å²) < 4.78 is 34.9. The first-order valence-corrected chi connectivity index (χ1v) is 10.1. The summed E-state index contributed by atoms with van der Waals surface area (Å²) in [4.78, 5) is 0. The SMILES string of the molecule is O=S(=O)(O)CCCCCCCC(Br)(Br)Oc1ccccc1. The molecule has 0 amide bonds. The van der Waals surface area contributed by atoms with Crippen molar-refractivity contribution in [1.29, 1.82) is 0 Å². The van der Waals surface area contributed by atoms with Crippen molar-refractivity contribution in [1.82, 2.24) is 0 Å². The number of ether oxygens (including phenoxy) is 1. The van der Waals surface area contributed by atoms with Crippen LogP contribution in [0.3, 0.4) is 0 Å². The van der Waals surface area contributed by atoms with Gasteiger partial charge in [0.1, 0.15) is 5.75 Å². The number of halogens is 2. The third-order valence-corrected chi connectivity index (χ3v) is 4.80. The van der Waals surface area contributed by atoms with Crippen LogP contribution >= 0.6 is 31.9 Å². The average molecular weight is 444 g/mol. The molecule has 0 aliphatic carbocycles. The highest BCUT2D eigenvalue weighted by Crippen LogP contribution is 2.35. The predicted molar refractivity (Wildman–Crippen MR) is 91.8 cm³/mol. The maximum Gasteiger partial charge on any atom is 0.264 e. The molecular weight excluding hydrogens is 424 g/mol. The van der Waals surface area contributed by atoms with E-state index in [2.05, 4.69) is 31.9 Å². The van der Waals surface area contributed by atoms with Crippen molar-refractivity contribution in [2.75, 3.05) is 5.75 Å². The van der Waals surface area contributed by atoms with Crippen LogP contribution in [0.5, 0.6) is 5.75 Å². The van der Waals surface area contributed by atoms with Crippen LogP contribution in [0.2, 0.25) is 0 Å². The zero-order valence-corrected chi connectivity index (χ0v) is 15.7. The largest absolute Gasteiger partial charge is 0.466 e. The van der Waals surface area contributed by atoms with Gasteiger partial charge < -0.3 is 4.74 Å². The van der Waals surface area contributed by atoms with Crippen LogP contribution in [-0.2, 0) is 10.1 Å². The van der Waals surface area contributed by atoms with Crippen LogP contribution in [0.1, 0.15) is 38.5 Å². The minimum atomic E-state index is -3.81. The summed E-state index contributed by atoms with van der Waals surface area (Å²) in [7, 11) is -3.81. The van der Waals surface area contributed by atoms with Gasteiger partial charge in [-0.25, -0.2) is 0 Å². The van der Waals surface area contributed by atoms with E-state index in [-0.39, 0.29) is 5.75 Å². The molecule has 0 aromatic heterocycles. The van der Waals surface area contributed by atoms with E-state index in [9.17, 15) is 8.42 Å². The van der Waals surface area contributed by atoms with Gasteiger partial charge in [0.15, 0.2) is 0 Å². The van der Waals surface area contributed by atoms with Crippen molar-refractivity contribution in [3.8, 4) is 5.75 Å². The van der Waals surface area contributed by atoms with Crippen molar-refractivity contribution in [3.63, 3.8) is 0 Å². The zero-order chi connectivity index (χ0) is 15.8. The van der Waals surface area contributed by atoms with Gasteiger partial charge >= 0.3 is 0 Å². The first-order chi connectivity index (χ1) is 9.79. The summed E-state index contributed by atoms with van der Waals surface area (Å²) in [5, 5.41) is 0. The summed E-state index contributed by atoms with van der Waals surface area (Å²) in [6, 6.07) is 9.56. The Bertz CT molecular complexity index is 503. The van der Waals surface area contributed by atoms with Gasteiger partial charge in [0, 0.05) is 6.42 Å². The minimum absolute atomic E-state index is 0.148. The van der Waals surface area contributed by atoms with E-state index in [0.29, 0.717) is 6.42 Å². The fraction of sp³-hybridized carbons (Fsp3) is 0.571. The van der Waals surface area contributed by atoms with Crippen LogP contribution < -0.4 is 4.74 Å². The van der Waals surface area contributed by atoms with Crippen LogP contribution in [0, 0.1) is 0 Å². The maximum atomic E-state index is 10.6. The standard InChI is InChI=1S/C14H20Br2O4S/c15-14(16,20-13-9-5-4-6-10-13)11-7-2-1-3-8-12-21(17,18)19/h4-6,9-10H,1-3,7-8,11-12H2,(H,17,18,19).